The molecule has 4 aromatic rings. The van der Waals surface area contributed by atoms with E-state index in [-0.39, 0.29) is 96.7 Å². The molecule has 1 aliphatic carbocycles. The van der Waals surface area contributed by atoms with Crippen LogP contribution in [0, 0.1) is 5.92 Å². The normalized spacial score (nSPS) is 21.4. The zero-order valence-electron chi connectivity index (χ0n) is 61.3. The smallest absolute Gasteiger partial charge is 0.411 e. The summed E-state index contributed by atoms with van der Waals surface area (Å²) in [6.07, 6.45) is 4.32. The van der Waals surface area contributed by atoms with Crippen LogP contribution in [0.3, 0.4) is 0 Å². The van der Waals surface area contributed by atoms with E-state index in [0.29, 0.717) is 49.1 Å². The Labute approximate surface area is 618 Å². The summed E-state index contributed by atoms with van der Waals surface area (Å²) < 4.78 is 78.4. The molecular formula is C73H100FN11O19S2. The summed E-state index contributed by atoms with van der Waals surface area (Å²) in [4.78, 5) is 149. The number of sulfonamides is 2. The predicted molar refractivity (Wildman–Crippen MR) is 386 cm³/mol. The number of nitrogens with two attached hydrogens (primary N) is 1. The van der Waals surface area contributed by atoms with Crippen LogP contribution in [0.4, 0.5) is 9.50 Å². The largest absolute Gasteiger partial charge is 0.494 e. The molecule has 30 nitrogen and oxygen atoms in total. The molecule has 580 valence electrons. The van der Waals surface area contributed by atoms with E-state index in [1.807, 2.05) is 0 Å². The van der Waals surface area contributed by atoms with E-state index < -0.39 is 134 Å². The van der Waals surface area contributed by atoms with Gasteiger partial charge in [-0.25, -0.2) is 35.9 Å². The van der Waals surface area contributed by atoms with Crippen LogP contribution in [-0.4, -0.2) is 227 Å². The number of likely N-dealkylation sites (N-methyl/N-ethyl adjacent to an activating group) is 1. The zero-order chi connectivity index (χ0) is 76.9. The Bertz CT molecular complexity index is 3950. The van der Waals surface area contributed by atoms with Crippen LogP contribution < -0.4 is 36.5 Å². The highest BCUT2D eigenvalue weighted by atomic mass is 32.2. The molecule has 0 aromatic heterocycles. The van der Waals surface area contributed by atoms with Crippen LogP contribution in [0.5, 0.6) is 5.75 Å². The first-order chi connectivity index (χ1) is 49.8. The second-order valence-electron chi connectivity index (χ2n) is 27.6. The lowest BCUT2D eigenvalue weighted by atomic mass is 9.83. The Morgan fingerprint density at radius 3 is 1.92 bits per heavy atom. The average Bonchev–Trinajstić information content (AvgIpc) is 1.56. The zero-order valence-corrected chi connectivity index (χ0v) is 62.9. The second-order valence-corrected chi connectivity index (χ2v) is 31.2. The van der Waals surface area contributed by atoms with Crippen molar-refractivity contribution in [3.8, 4) is 5.75 Å². The van der Waals surface area contributed by atoms with Gasteiger partial charge >= 0.3 is 18.0 Å². The number of fused-ring (bicyclic) bond motifs is 4. The van der Waals surface area contributed by atoms with Gasteiger partial charge in [-0.3, -0.25) is 48.0 Å². The SMILES string of the molecule is CCCC(NC(=O)[C@@H]1C[C@@H]2CN1C(=O)[C@H](C1CCCCC1)NC(=O)Cc1cccc(c1)OCCCN2S(=O)(=O)c1ccccc1)C(=O)C(=O)NCC(=O)N[C@H](C(=O)N(C)C)c1ccccc1.COC(=O)[C@@H]1C[C@@H](N)CN1C(C)=O.COC(=O)[C@@H]1C[C@@H](NS(=O)(=O)c2ccccc2)CN1C(=O)OC(C)(C)C.F. The van der Waals surface area contributed by atoms with E-state index in [1.165, 1.54) is 69.3 Å². The van der Waals surface area contributed by atoms with Gasteiger partial charge < -0.3 is 60.6 Å². The van der Waals surface area contributed by atoms with E-state index >= 15 is 4.79 Å². The number of Topliss-reactive ketones (excluding diaryl/α,β-unsaturated/α-hetero) is 1. The lowest BCUT2D eigenvalue weighted by molar-refractivity contribution is -0.150. The molecule has 9 atom stereocenters. The molecule has 5 aliphatic rings. The topological polar surface area (TPSA) is 395 Å². The predicted octanol–water partition coefficient (Wildman–Crippen LogP) is 3.43. The summed E-state index contributed by atoms with van der Waals surface area (Å²) in [5.41, 5.74) is 6.08. The molecule has 33 heteroatoms. The van der Waals surface area contributed by atoms with E-state index in [1.54, 1.807) is 133 Å². The van der Waals surface area contributed by atoms with Crippen molar-refractivity contribution in [3.05, 3.63) is 126 Å². The molecule has 4 heterocycles. The lowest BCUT2D eigenvalue weighted by Crippen LogP contribution is -2.58. The number of carbonyl (C=O) groups is 11. The third-order valence-corrected chi connectivity index (χ3v) is 21.8. The Balaban J connectivity index is 0.000000357. The van der Waals surface area contributed by atoms with Gasteiger partial charge in [0.15, 0.2) is 0 Å². The molecule has 0 radical (unpaired) electrons. The van der Waals surface area contributed by atoms with Crippen LogP contribution in [0.25, 0.3) is 0 Å². The maximum Gasteiger partial charge on any atom is 0.411 e. The van der Waals surface area contributed by atoms with Crippen molar-refractivity contribution in [1.29, 1.82) is 0 Å². The first-order valence-corrected chi connectivity index (χ1v) is 38.0. The molecule has 4 bridgehead atoms. The molecule has 0 spiro atoms. The highest BCUT2D eigenvalue weighted by Crippen LogP contribution is 2.34. The fraction of sp³-hybridized carbons (Fsp3) is 0.521. The standard InChI is InChI=1S/C48H61N7O10S.C17H24N2O6S.C8H14N2O3.FH/c1-4-16-38(44(58)46(60)49-30-41(57)52-42(47(61)53(2)3)33-18-8-5-9-19-33)50-45(59)39-29-35-31-54(39)48(62)43(34-20-10-6-11-21-34)51-40(56)28-32-17-14-22-36(27-32)65-26-15-25-55(35)66(63,64)37-23-12-7-13-24-37;1-17(2,3)25-16(21)19-11-12(10-14(19)15(20)24-4)18-26(22,23)13-8-6-5-7-9-13;1-5(11)10-4-6(9)3-7(10)8(12)13-2;/h5,7-9,12-14,17-19,22-24,27,34-35,38-39,42-43H,4,6,10-11,15-16,20-21,25-26,28-31H2,1-3H3,(H,49,60)(H,50,59)(H,51,56)(H,52,57);5-9,12,14,18H,10-11H2,1-4H3;6-7H,3-4,9H2,1-2H3;1H/t35-,38?,39+,42+,43+;12-,14+;6-,7+;/m111./s1. The molecule has 7 N–H and O–H groups in total. The number of rotatable bonds is 19. The lowest BCUT2D eigenvalue weighted by Gasteiger charge is -2.35. The number of esters is 2. The van der Waals surface area contributed by atoms with Gasteiger partial charge in [0.25, 0.3) is 5.91 Å². The van der Waals surface area contributed by atoms with Gasteiger partial charge in [-0.1, -0.05) is 111 Å². The molecule has 4 aliphatic heterocycles. The third-order valence-electron chi connectivity index (χ3n) is 18.3. The minimum atomic E-state index is -4.20. The Kier molecular flexibility index (Phi) is 31.6. The molecule has 9 rings (SSSR count). The van der Waals surface area contributed by atoms with Gasteiger partial charge in [-0.2, -0.15) is 4.31 Å². The van der Waals surface area contributed by atoms with Crippen molar-refractivity contribution in [2.75, 3.05) is 67.6 Å². The number of carbonyl (C=O) groups excluding carboxylic acids is 11. The first kappa shape index (κ1) is 85.5. The number of methoxy groups -OCH3 is 2. The highest BCUT2D eigenvalue weighted by Gasteiger charge is 2.49. The van der Waals surface area contributed by atoms with Crippen LogP contribution in [0.2, 0.25) is 0 Å². The molecule has 106 heavy (non-hydrogen) atoms. The van der Waals surface area contributed by atoms with Gasteiger partial charge in [0.05, 0.1) is 49.6 Å². The maximum absolute atomic E-state index is 15.1. The van der Waals surface area contributed by atoms with Crippen molar-refractivity contribution in [2.45, 2.75) is 181 Å². The van der Waals surface area contributed by atoms with Crippen LogP contribution >= 0.6 is 0 Å². The van der Waals surface area contributed by atoms with Gasteiger partial charge in [0.1, 0.15) is 41.6 Å². The monoisotopic (exact) mass is 1520 g/mol. The number of halogens is 1. The minimum absolute atomic E-state index is 0. The quantitative estimate of drug-likeness (QED) is 0.0445. The van der Waals surface area contributed by atoms with Gasteiger partial charge in [-0.05, 0) is 119 Å². The molecule has 1 saturated carbocycles. The fourth-order valence-corrected chi connectivity index (χ4v) is 16.2. The van der Waals surface area contributed by atoms with Crippen LogP contribution in [-0.2, 0) is 88.6 Å². The van der Waals surface area contributed by atoms with Gasteiger partial charge in [-0.15, -0.1) is 0 Å². The number of ether oxygens (including phenoxy) is 4. The number of amides is 8. The van der Waals surface area contributed by atoms with Gasteiger partial charge in [0.2, 0.25) is 61.3 Å². The van der Waals surface area contributed by atoms with Crippen LogP contribution in [0.15, 0.2) is 125 Å². The number of nitrogens with one attached hydrogen (secondary N) is 5. The summed E-state index contributed by atoms with van der Waals surface area (Å²) in [6, 6.07) is 23.6. The summed E-state index contributed by atoms with van der Waals surface area (Å²) in [6.45, 7) is 8.05. The molecular weight excluding hydrogens is 1420 g/mol. The summed E-state index contributed by atoms with van der Waals surface area (Å²) in [5.74, 6) is -5.94. The average molecular weight is 1520 g/mol. The van der Waals surface area contributed by atoms with Crippen molar-refractivity contribution in [2.24, 2.45) is 11.7 Å². The number of benzene rings is 4. The number of ketones is 1. The maximum atomic E-state index is 15.1. The van der Waals surface area contributed by atoms with Crippen molar-refractivity contribution < 1.29 is 93.2 Å². The van der Waals surface area contributed by atoms with Gasteiger partial charge in [0, 0.05) is 65.3 Å². The molecule has 1 unspecified atom stereocenters. The number of hydrogen-bond donors (Lipinski definition) is 6. The second kappa shape index (κ2) is 39.2. The first-order valence-electron chi connectivity index (χ1n) is 35.1. The highest BCUT2D eigenvalue weighted by molar-refractivity contribution is 7.89. The number of nitrogens with zero attached hydrogens (tertiary/aromatic N) is 5. The molecule has 4 aromatic carbocycles. The number of hydrogen-bond acceptors (Lipinski definition) is 20. The summed E-state index contributed by atoms with van der Waals surface area (Å²) in [7, 11) is -2.35. The Morgan fingerprint density at radius 2 is 1.33 bits per heavy atom. The Hall–Kier alpha value is -9.44. The van der Waals surface area contributed by atoms with Crippen molar-refractivity contribution >= 4 is 85.2 Å². The summed E-state index contributed by atoms with van der Waals surface area (Å²) >= 11 is 0. The number of likely N-dealkylation sites (tertiary alicyclic amines) is 2. The van der Waals surface area contributed by atoms with Crippen molar-refractivity contribution in [3.63, 3.8) is 0 Å². The van der Waals surface area contributed by atoms with E-state index in [0.717, 1.165) is 19.3 Å². The van der Waals surface area contributed by atoms with E-state index in [2.05, 4.69) is 30.7 Å². The minimum Gasteiger partial charge on any atom is -0.494 e. The molecule has 4 fully saturated rings. The third kappa shape index (κ3) is 23.5. The van der Waals surface area contributed by atoms with Crippen LogP contribution in [0.1, 0.15) is 122 Å². The van der Waals surface area contributed by atoms with E-state index in [9.17, 15) is 64.8 Å². The molecule has 3 saturated heterocycles. The molecule has 8 amide bonds. The van der Waals surface area contributed by atoms with E-state index in [4.69, 9.17) is 19.9 Å². The summed E-state index contributed by atoms with van der Waals surface area (Å²) in [5, 5.41) is 10.6. The van der Waals surface area contributed by atoms with Crippen molar-refractivity contribution in [1.82, 2.24) is 49.9 Å². The fourth-order valence-electron chi connectivity index (χ4n) is 13.2. The Morgan fingerprint density at radius 1 is 0.726 bits per heavy atom.